The first-order valence-electron chi connectivity index (χ1n) is 10.7. The Hall–Kier alpha value is -3.30. The number of benzene rings is 3. The van der Waals surface area contributed by atoms with Crippen LogP contribution in [-0.4, -0.2) is 32.2 Å². The first-order valence-corrected chi connectivity index (χ1v) is 12.1. The van der Waals surface area contributed by atoms with Crippen molar-refractivity contribution in [3.8, 4) is 5.75 Å². The molecule has 1 aliphatic rings. The molecule has 0 saturated carbocycles. The van der Waals surface area contributed by atoms with Gasteiger partial charge in [-0.3, -0.25) is 4.72 Å². The van der Waals surface area contributed by atoms with Crippen LogP contribution in [0.25, 0.3) is 5.57 Å². The maximum atomic E-state index is 13.1. The smallest absolute Gasteiger partial charge is 0.406 e. The van der Waals surface area contributed by atoms with E-state index in [4.69, 9.17) is 0 Å². The lowest BCUT2D eigenvalue weighted by Crippen LogP contribution is -2.40. The Morgan fingerprint density at radius 3 is 1.94 bits per heavy atom. The molecule has 1 aliphatic heterocycles. The number of ether oxygens (including phenoxy) is 1. The van der Waals surface area contributed by atoms with Crippen LogP contribution in [0, 0.1) is 0 Å². The Kier molecular flexibility index (Phi) is 6.95. The van der Waals surface area contributed by atoms with Crippen LogP contribution in [0.1, 0.15) is 24.0 Å². The third-order valence-corrected chi connectivity index (χ3v) is 6.89. The molecular weight excluding hydrogens is 465 g/mol. The molecule has 1 saturated heterocycles. The van der Waals surface area contributed by atoms with Crippen LogP contribution in [0.3, 0.4) is 0 Å². The minimum absolute atomic E-state index is 0.150. The monoisotopic (exact) mass is 488 g/mol. The van der Waals surface area contributed by atoms with Crippen molar-refractivity contribution >= 4 is 21.5 Å². The van der Waals surface area contributed by atoms with Gasteiger partial charge in [-0.1, -0.05) is 60.7 Å². The predicted molar refractivity (Wildman–Crippen MR) is 125 cm³/mol. The fraction of sp³-hybridized carbons (Fsp3) is 0.200. The van der Waals surface area contributed by atoms with E-state index in [-0.39, 0.29) is 12.2 Å². The van der Waals surface area contributed by atoms with E-state index in [1.807, 2.05) is 60.7 Å². The third kappa shape index (κ3) is 5.98. The molecule has 0 aromatic heterocycles. The molecule has 0 radical (unpaired) electrons. The molecule has 178 valence electrons. The van der Waals surface area contributed by atoms with Crippen molar-refractivity contribution in [2.45, 2.75) is 19.2 Å². The highest BCUT2D eigenvalue weighted by atomic mass is 32.2. The highest BCUT2D eigenvalue weighted by Gasteiger charge is 2.31. The Bertz CT molecular complexity index is 1200. The van der Waals surface area contributed by atoms with Gasteiger partial charge in [0.05, 0.1) is 5.69 Å². The summed E-state index contributed by atoms with van der Waals surface area (Å²) in [4.78, 5) is 0. The molecule has 1 fully saturated rings. The van der Waals surface area contributed by atoms with E-state index in [0.29, 0.717) is 13.0 Å². The second kappa shape index (κ2) is 9.90. The largest absolute Gasteiger partial charge is 0.573 e. The molecule has 0 amide bonds. The number of rotatable bonds is 6. The van der Waals surface area contributed by atoms with Gasteiger partial charge in [0.2, 0.25) is 0 Å². The van der Waals surface area contributed by atoms with Crippen LogP contribution in [0.5, 0.6) is 5.75 Å². The zero-order valence-corrected chi connectivity index (χ0v) is 18.9. The van der Waals surface area contributed by atoms with Gasteiger partial charge < -0.3 is 4.74 Å². The van der Waals surface area contributed by atoms with E-state index in [0.717, 1.165) is 40.8 Å². The fourth-order valence-corrected chi connectivity index (χ4v) is 5.23. The lowest BCUT2D eigenvalue weighted by Gasteiger charge is -2.30. The topological polar surface area (TPSA) is 58.6 Å². The summed E-state index contributed by atoms with van der Waals surface area (Å²) in [6.45, 7) is 0.550. The first kappa shape index (κ1) is 23.8. The summed E-state index contributed by atoms with van der Waals surface area (Å²) in [5, 5.41) is 0. The number of piperidine rings is 1. The number of anilines is 1. The summed E-state index contributed by atoms with van der Waals surface area (Å²) < 4.78 is 70.9. The molecule has 1 heterocycles. The molecule has 4 rings (SSSR count). The van der Waals surface area contributed by atoms with E-state index in [1.165, 1.54) is 16.4 Å². The molecule has 3 aromatic rings. The van der Waals surface area contributed by atoms with Crippen molar-refractivity contribution in [2.75, 3.05) is 17.8 Å². The Labute approximate surface area is 196 Å². The first-order chi connectivity index (χ1) is 16.2. The van der Waals surface area contributed by atoms with Crippen molar-refractivity contribution in [2.24, 2.45) is 0 Å². The van der Waals surface area contributed by atoms with Gasteiger partial charge in [-0.2, -0.15) is 12.7 Å². The molecule has 5 nitrogen and oxygen atoms in total. The van der Waals surface area contributed by atoms with Crippen LogP contribution in [0.4, 0.5) is 18.9 Å². The van der Waals surface area contributed by atoms with Crippen molar-refractivity contribution in [1.29, 1.82) is 0 Å². The van der Waals surface area contributed by atoms with E-state index < -0.39 is 22.3 Å². The number of nitrogens with one attached hydrogen (secondary N) is 1. The van der Waals surface area contributed by atoms with Crippen molar-refractivity contribution in [3.63, 3.8) is 0 Å². The molecule has 3 aromatic carbocycles. The van der Waals surface area contributed by atoms with Gasteiger partial charge in [0.25, 0.3) is 0 Å². The molecular formula is C25H23F3N2O3S. The lowest BCUT2D eigenvalue weighted by atomic mass is 9.90. The highest BCUT2D eigenvalue weighted by molar-refractivity contribution is 7.90. The molecule has 0 spiro atoms. The Morgan fingerprint density at radius 1 is 0.853 bits per heavy atom. The van der Waals surface area contributed by atoms with Gasteiger partial charge in [0.15, 0.2) is 0 Å². The van der Waals surface area contributed by atoms with E-state index in [9.17, 15) is 21.6 Å². The second-order valence-corrected chi connectivity index (χ2v) is 9.50. The fourth-order valence-electron chi connectivity index (χ4n) is 3.97. The predicted octanol–water partition coefficient (Wildman–Crippen LogP) is 5.84. The van der Waals surface area contributed by atoms with Crippen LogP contribution < -0.4 is 9.46 Å². The van der Waals surface area contributed by atoms with Crippen LogP contribution in [-0.2, 0) is 10.2 Å². The average molecular weight is 489 g/mol. The number of nitrogens with zero attached hydrogens (tertiary/aromatic N) is 1. The van der Waals surface area contributed by atoms with E-state index >= 15 is 0 Å². The quantitative estimate of drug-likeness (QED) is 0.474. The zero-order chi connectivity index (χ0) is 24.2. The summed E-state index contributed by atoms with van der Waals surface area (Å²) >= 11 is 0. The van der Waals surface area contributed by atoms with Gasteiger partial charge >= 0.3 is 16.6 Å². The average Bonchev–Trinajstić information content (AvgIpc) is 2.81. The van der Waals surface area contributed by atoms with Gasteiger partial charge in [0.1, 0.15) is 5.75 Å². The molecule has 9 heteroatoms. The second-order valence-electron chi connectivity index (χ2n) is 7.83. The third-order valence-electron chi connectivity index (χ3n) is 5.41. The van der Waals surface area contributed by atoms with Gasteiger partial charge in [-0.15, -0.1) is 13.2 Å². The van der Waals surface area contributed by atoms with Crippen LogP contribution >= 0.6 is 0 Å². The summed E-state index contributed by atoms with van der Waals surface area (Å²) in [6.07, 6.45) is -3.40. The number of alkyl halides is 3. The zero-order valence-electron chi connectivity index (χ0n) is 18.1. The number of hydrogen-bond acceptors (Lipinski definition) is 3. The minimum atomic E-state index is -4.81. The Balaban J connectivity index is 1.59. The summed E-state index contributed by atoms with van der Waals surface area (Å²) in [7, 11) is -3.93. The normalized spacial score (nSPS) is 15.1. The molecule has 0 atom stereocenters. The minimum Gasteiger partial charge on any atom is -0.406 e. The standard InChI is InChI=1S/C25H23F3N2O3S/c26-25(27,28)33-23-15-13-22(14-16-23)29-34(31,32)30-17-7-12-21(18-30)24(19-8-3-1-4-9-19)20-10-5-2-6-11-20/h1-6,8-11,13-16,29H,7,12,17-18H2. The van der Waals surface area contributed by atoms with Gasteiger partial charge in [-0.05, 0) is 59.4 Å². The number of hydrogen-bond donors (Lipinski definition) is 1. The molecule has 0 unspecified atom stereocenters. The van der Waals surface area contributed by atoms with Gasteiger partial charge in [0, 0.05) is 13.1 Å². The molecule has 0 bridgehead atoms. The summed E-state index contributed by atoms with van der Waals surface area (Å²) in [6, 6.07) is 24.3. The van der Waals surface area contributed by atoms with Crippen molar-refractivity contribution in [3.05, 3.63) is 102 Å². The van der Waals surface area contributed by atoms with E-state index in [2.05, 4.69) is 9.46 Å². The number of halogens is 3. The summed E-state index contributed by atoms with van der Waals surface area (Å²) in [5.41, 5.74) is 4.18. The molecule has 34 heavy (non-hydrogen) atoms. The van der Waals surface area contributed by atoms with E-state index in [1.54, 1.807) is 0 Å². The van der Waals surface area contributed by atoms with Crippen LogP contribution in [0.15, 0.2) is 90.5 Å². The summed E-state index contributed by atoms with van der Waals surface area (Å²) in [5.74, 6) is -0.422. The SMILES string of the molecule is O=S(=O)(Nc1ccc(OC(F)(F)F)cc1)N1CCCC(=C(c2ccccc2)c2ccccc2)C1. The van der Waals surface area contributed by atoms with Crippen LogP contribution in [0.2, 0.25) is 0 Å². The van der Waals surface area contributed by atoms with Gasteiger partial charge in [-0.25, -0.2) is 0 Å². The maximum absolute atomic E-state index is 13.1. The molecule has 1 N–H and O–H groups in total. The highest BCUT2D eigenvalue weighted by Crippen LogP contribution is 2.32. The van der Waals surface area contributed by atoms with Crippen molar-refractivity contribution in [1.82, 2.24) is 4.31 Å². The Morgan fingerprint density at radius 2 is 1.41 bits per heavy atom. The van der Waals surface area contributed by atoms with Crippen molar-refractivity contribution < 1.29 is 26.3 Å². The lowest BCUT2D eigenvalue weighted by molar-refractivity contribution is -0.274. The maximum Gasteiger partial charge on any atom is 0.573 e. The molecule has 0 aliphatic carbocycles.